The molecule has 0 spiro atoms. The fraction of sp³-hybridized carbons (Fsp3) is 0.538. The summed E-state index contributed by atoms with van der Waals surface area (Å²) in [6, 6.07) is 6.60. The molecule has 19 heavy (non-hydrogen) atoms. The van der Waals surface area contributed by atoms with E-state index in [2.05, 4.69) is 0 Å². The van der Waals surface area contributed by atoms with Crippen LogP contribution in [-0.2, 0) is 10.0 Å². The molecule has 108 valence electrons. The van der Waals surface area contributed by atoms with Crippen molar-refractivity contribution in [3.8, 4) is 0 Å². The fourth-order valence-corrected chi connectivity index (χ4v) is 3.41. The molecule has 5 nitrogen and oxygen atoms in total. The summed E-state index contributed by atoms with van der Waals surface area (Å²) in [6.45, 7) is 3.63. The van der Waals surface area contributed by atoms with Gasteiger partial charge in [0.2, 0.25) is 10.0 Å². The number of likely N-dealkylation sites (N-methyl/N-ethyl adjacent to an activating group) is 1. The van der Waals surface area contributed by atoms with Crippen molar-refractivity contribution < 1.29 is 8.42 Å². The number of nitrogen functional groups attached to an aromatic ring is 1. The van der Waals surface area contributed by atoms with Crippen LogP contribution in [0.5, 0.6) is 0 Å². The quantitative estimate of drug-likeness (QED) is 0.765. The second kappa shape index (κ2) is 6.88. The van der Waals surface area contributed by atoms with Crippen molar-refractivity contribution in [3.63, 3.8) is 0 Å². The fourth-order valence-electron chi connectivity index (χ4n) is 1.77. The van der Waals surface area contributed by atoms with Crippen LogP contribution >= 0.6 is 0 Å². The van der Waals surface area contributed by atoms with Crippen molar-refractivity contribution in [2.45, 2.75) is 18.2 Å². The number of benzene rings is 1. The van der Waals surface area contributed by atoms with Crippen LogP contribution in [-0.4, -0.2) is 51.4 Å². The molecule has 6 heteroatoms. The van der Waals surface area contributed by atoms with Gasteiger partial charge in [-0.05, 0) is 32.6 Å². The minimum atomic E-state index is -3.51. The first-order chi connectivity index (χ1) is 8.89. The standard InChI is InChI=1S/C13H23N3O2S/c1-4-9-16(11-10-15(2)3)19(17,18)13-8-6-5-7-12(13)14/h5-8H,4,9-11,14H2,1-3H3. The molecule has 0 aliphatic rings. The molecular formula is C13H23N3O2S. The predicted molar refractivity (Wildman–Crippen MR) is 78.5 cm³/mol. The monoisotopic (exact) mass is 285 g/mol. The Morgan fingerprint density at radius 3 is 2.26 bits per heavy atom. The number of anilines is 1. The van der Waals surface area contributed by atoms with Crippen LogP contribution in [0.15, 0.2) is 29.2 Å². The topological polar surface area (TPSA) is 66.6 Å². The van der Waals surface area contributed by atoms with E-state index in [9.17, 15) is 8.42 Å². The third-order valence-electron chi connectivity index (χ3n) is 2.81. The Kier molecular flexibility index (Phi) is 5.78. The van der Waals surface area contributed by atoms with Gasteiger partial charge in [0.15, 0.2) is 0 Å². The molecule has 1 rings (SSSR count). The number of para-hydroxylation sites is 1. The molecule has 0 aliphatic carbocycles. The Balaban J connectivity index is 3.03. The lowest BCUT2D eigenvalue weighted by Crippen LogP contribution is -2.37. The van der Waals surface area contributed by atoms with Gasteiger partial charge in [0, 0.05) is 19.6 Å². The maximum absolute atomic E-state index is 12.6. The van der Waals surface area contributed by atoms with Crippen LogP contribution in [0.4, 0.5) is 5.69 Å². The van der Waals surface area contributed by atoms with Gasteiger partial charge in [0.05, 0.1) is 5.69 Å². The third-order valence-corrected chi connectivity index (χ3v) is 4.78. The molecule has 0 heterocycles. The second-order valence-electron chi connectivity index (χ2n) is 4.75. The van der Waals surface area contributed by atoms with Gasteiger partial charge in [0.25, 0.3) is 0 Å². The molecule has 0 saturated carbocycles. The molecule has 0 unspecified atom stereocenters. The molecule has 0 saturated heterocycles. The number of sulfonamides is 1. The number of hydrogen-bond acceptors (Lipinski definition) is 4. The zero-order chi connectivity index (χ0) is 14.5. The average molecular weight is 285 g/mol. The van der Waals surface area contributed by atoms with Gasteiger partial charge >= 0.3 is 0 Å². The minimum absolute atomic E-state index is 0.196. The van der Waals surface area contributed by atoms with Crippen molar-refractivity contribution in [1.82, 2.24) is 9.21 Å². The van der Waals surface area contributed by atoms with Crippen LogP contribution in [0.2, 0.25) is 0 Å². The molecule has 0 amide bonds. The van der Waals surface area contributed by atoms with Crippen LogP contribution in [0.1, 0.15) is 13.3 Å². The van der Waals surface area contributed by atoms with Crippen LogP contribution in [0.3, 0.4) is 0 Å². The summed E-state index contributed by atoms with van der Waals surface area (Å²) in [5.74, 6) is 0. The smallest absolute Gasteiger partial charge is 0.245 e. The summed E-state index contributed by atoms with van der Waals surface area (Å²) < 4.78 is 26.7. The van der Waals surface area contributed by atoms with Crippen molar-refractivity contribution in [2.24, 2.45) is 0 Å². The average Bonchev–Trinajstić information content (AvgIpc) is 2.34. The van der Waals surface area contributed by atoms with E-state index in [4.69, 9.17) is 5.73 Å². The zero-order valence-electron chi connectivity index (χ0n) is 11.8. The van der Waals surface area contributed by atoms with Gasteiger partial charge in [-0.2, -0.15) is 4.31 Å². The highest BCUT2D eigenvalue weighted by molar-refractivity contribution is 7.89. The molecular weight excluding hydrogens is 262 g/mol. The Morgan fingerprint density at radius 2 is 1.74 bits per heavy atom. The van der Waals surface area contributed by atoms with E-state index in [-0.39, 0.29) is 4.90 Å². The summed E-state index contributed by atoms with van der Waals surface area (Å²) in [6.07, 6.45) is 0.777. The minimum Gasteiger partial charge on any atom is -0.398 e. The highest BCUT2D eigenvalue weighted by Gasteiger charge is 2.25. The van der Waals surface area contributed by atoms with Gasteiger partial charge < -0.3 is 10.6 Å². The second-order valence-corrected chi connectivity index (χ2v) is 6.65. The maximum Gasteiger partial charge on any atom is 0.245 e. The lowest BCUT2D eigenvalue weighted by atomic mass is 10.3. The normalized spacial score (nSPS) is 12.3. The SMILES string of the molecule is CCCN(CCN(C)C)S(=O)(=O)c1ccccc1N. The van der Waals surface area contributed by atoms with Gasteiger partial charge in [-0.25, -0.2) is 8.42 Å². The van der Waals surface area contributed by atoms with Crippen molar-refractivity contribution in [2.75, 3.05) is 39.5 Å². The van der Waals surface area contributed by atoms with E-state index in [1.807, 2.05) is 25.9 Å². The van der Waals surface area contributed by atoms with Gasteiger partial charge in [-0.15, -0.1) is 0 Å². The Hall–Kier alpha value is -1.11. The molecule has 1 aromatic carbocycles. The summed E-state index contributed by atoms with van der Waals surface area (Å²) in [4.78, 5) is 2.16. The highest BCUT2D eigenvalue weighted by Crippen LogP contribution is 2.21. The number of hydrogen-bond donors (Lipinski definition) is 1. The Morgan fingerprint density at radius 1 is 1.11 bits per heavy atom. The molecule has 0 aliphatic heterocycles. The van der Waals surface area contributed by atoms with E-state index in [1.165, 1.54) is 4.31 Å². The molecule has 0 bridgehead atoms. The molecule has 1 aromatic rings. The first kappa shape index (κ1) is 15.9. The molecule has 0 atom stereocenters. The first-order valence-electron chi connectivity index (χ1n) is 6.39. The van der Waals surface area contributed by atoms with Crippen molar-refractivity contribution in [3.05, 3.63) is 24.3 Å². The largest absolute Gasteiger partial charge is 0.398 e. The molecule has 0 fully saturated rings. The van der Waals surface area contributed by atoms with Crippen LogP contribution in [0.25, 0.3) is 0 Å². The van der Waals surface area contributed by atoms with E-state index in [0.717, 1.165) is 6.42 Å². The van der Waals surface area contributed by atoms with Gasteiger partial charge in [0.1, 0.15) is 4.90 Å². The third kappa shape index (κ3) is 4.19. The molecule has 0 aromatic heterocycles. The van der Waals surface area contributed by atoms with E-state index in [0.29, 0.717) is 25.3 Å². The number of nitrogens with two attached hydrogens (primary N) is 1. The summed E-state index contributed by atoms with van der Waals surface area (Å²) >= 11 is 0. The predicted octanol–water partition coefficient (Wildman–Crippen LogP) is 1.23. The van der Waals surface area contributed by atoms with Crippen molar-refractivity contribution in [1.29, 1.82) is 0 Å². The summed E-state index contributed by atoms with van der Waals surface area (Å²) in [5, 5.41) is 0. The zero-order valence-corrected chi connectivity index (χ0v) is 12.7. The molecule has 2 N–H and O–H groups in total. The van der Waals surface area contributed by atoms with E-state index < -0.39 is 10.0 Å². The van der Waals surface area contributed by atoms with Gasteiger partial charge in [-0.1, -0.05) is 19.1 Å². The molecule has 0 radical (unpaired) electrons. The summed E-state index contributed by atoms with van der Waals surface area (Å²) in [7, 11) is 0.341. The highest BCUT2D eigenvalue weighted by atomic mass is 32.2. The first-order valence-corrected chi connectivity index (χ1v) is 7.83. The lowest BCUT2D eigenvalue weighted by Gasteiger charge is -2.24. The lowest BCUT2D eigenvalue weighted by molar-refractivity contribution is 0.333. The van der Waals surface area contributed by atoms with Crippen LogP contribution in [0, 0.1) is 0 Å². The number of rotatable bonds is 7. The van der Waals surface area contributed by atoms with E-state index in [1.54, 1.807) is 24.3 Å². The van der Waals surface area contributed by atoms with Gasteiger partial charge in [-0.3, -0.25) is 0 Å². The van der Waals surface area contributed by atoms with Crippen LogP contribution < -0.4 is 5.73 Å². The number of nitrogens with zero attached hydrogens (tertiary/aromatic N) is 2. The maximum atomic E-state index is 12.6. The summed E-state index contributed by atoms with van der Waals surface area (Å²) in [5.41, 5.74) is 6.08. The van der Waals surface area contributed by atoms with E-state index >= 15 is 0 Å². The Bertz CT molecular complexity index is 500. The van der Waals surface area contributed by atoms with Crippen molar-refractivity contribution >= 4 is 15.7 Å². The Labute approximate surface area is 116 Å².